The molecule has 24 heavy (non-hydrogen) atoms. The highest BCUT2D eigenvalue weighted by Crippen LogP contribution is 2.63. The third kappa shape index (κ3) is 2.99. The number of rotatable bonds is 5. The summed E-state index contributed by atoms with van der Waals surface area (Å²) in [5.74, 6) is 0.727. The molecule has 0 aromatic rings. The molecule has 2 bridgehead atoms. The number of hydrogen-bond donors (Lipinski definition) is 1. The van der Waals surface area contributed by atoms with E-state index in [2.05, 4.69) is 44.7 Å². The third-order valence-electron chi connectivity index (χ3n) is 7.23. The van der Waals surface area contributed by atoms with Gasteiger partial charge in [0, 0.05) is 24.0 Å². The lowest BCUT2D eigenvalue weighted by Crippen LogP contribution is -2.52. The molecule has 0 radical (unpaired) electrons. The Morgan fingerprint density at radius 2 is 1.96 bits per heavy atom. The molecule has 2 aliphatic carbocycles. The Hall–Kier alpha value is -0.650. The molecule has 3 rings (SSSR count). The number of ether oxygens (including phenoxy) is 1. The van der Waals surface area contributed by atoms with Gasteiger partial charge in [-0.05, 0) is 44.4 Å². The van der Waals surface area contributed by atoms with E-state index in [0.717, 1.165) is 25.6 Å². The largest absolute Gasteiger partial charge is 0.393 e. The second kappa shape index (κ2) is 6.58. The minimum Gasteiger partial charge on any atom is -0.393 e. The predicted molar refractivity (Wildman–Crippen MR) is 95.1 cm³/mol. The van der Waals surface area contributed by atoms with Crippen LogP contribution < -0.4 is 0 Å². The fourth-order valence-corrected chi connectivity index (χ4v) is 4.96. The fraction of sp³-hybridized carbons (Fsp3) is 0.947. The van der Waals surface area contributed by atoms with Gasteiger partial charge in [-0.25, -0.2) is 0 Å². The minimum absolute atomic E-state index is 0.163. The Labute approximate surface area is 146 Å². The van der Waals surface area contributed by atoms with Crippen LogP contribution >= 0.6 is 0 Å². The van der Waals surface area contributed by atoms with Crippen LogP contribution in [0.5, 0.6) is 0 Å². The molecule has 3 unspecified atom stereocenters. The SMILES string of the molecule is CC1COCC(C)N1CC(O)CO/N=C1\C[C@@H]2CC[C@@]1(C)C2(C)C. The molecule has 0 amide bonds. The van der Waals surface area contributed by atoms with E-state index in [1.54, 1.807) is 0 Å². The van der Waals surface area contributed by atoms with E-state index in [9.17, 15) is 5.11 Å². The molecule has 0 spiro atoms. The summed E-state index contributed by atoms with van der Waals surface area (Å²) in [6, 6.07) is 0.667. The summed E-state index contributed by atoms with van der Waals surface area (Å²) in [6.07, 6.45) is 3.05. The van der Waals surface area contributed by atoms with Crippen molar-refractivity contribution in [3.8, 4) is 0 Å². The minimum atomic E-state index is -0.517. The summed E-state index contributed by atoms with van der Waals surface area (Å²) in [6.45, 7) is 13.7. The zero-order chi connectivity index (χ0) is 17.5. The lowest BCUT2D eigenvalue weighted by atomic mass is 9.70. The zero-order valence-corrected chi connectivity index (χ0v) is 15.9. The van der Waals surface area contributed by atoms with Crippen LogP contribution in [-0.4, -0.2) is 60.3 Å². The molecule has 3 fully saturated rings. The molecule has 1 aliphatic heterocycles. The van der Waals surface area contributed by atoms with Crippen molar-refractivity contribution in [1.82, 2.24) is 4.90 Å². The number of aliphatic hydroxyl groups excluding tert-OH is 1. The zero-order valence-electron chi connectivity index (χ0n) is 15.9. The van der Waals surface area contributed by atoms with E-state index in [1.165, 1.54) is 18.6 Å². The van der Waals surface area contributed by atoms with Gasteiger partial charge < -0.3 is 14.7 Å². The second-order valence-electron chi connectivity index (χ2n) is 8.91. The van der Waals surface area contributed by atoms with Crippen molar-refractivity contribution < 1.29 is 14.7 Å². The quantitative estimate of drug-likeness (QED) is 0.783. The van der Waals surface area contributed by atoms with E-state index >= 15 is 0 Å². The van der Waals surface area contributed by atoms with Crippen molar-refractivity contribution in [3.05, 3.63) is 0 Å². The van der Waals surface area contributed by atoms with Gasteiger partial charge in [-0.15, -0.1) is 0 Å². The Kier molecular flexibility index (Phi) is 4.98. The molecular formula is C19H34N2O3. The summed E-state index contributed by atoms with van der Waals surface area (Å²) >= 11 is 0. The van der Waals surface area contributed by atoms with Gasteiger partial charge >= 0.3 is 0 Å². The van der Waals surface area contributed by atoms with E-state index in [4.69, 9.17) is 9.57 Å². The molecule has 2 saturated carbocycles. The summed E-state index contributed by atoms with van der Waals surface area (Å²) in [7, 11) is 0. The number of morpholine rings is 1. The van der Waals surface area contributed by atoms with Crippen LogP contribution in [0.3, 0.4) is 0 Å². The van der Waals surface area contributed by atoms with E-state index in [0.29, 0.717) is 24.0 Å². The topological polar surface area (TPSA) is 54.3 Å². The lowest BCUT2D eigenvalue weighted by Gasteiger charge is -2.39. The van der Waals surface area contributed by atoms with Gasteiger partial charge in [0.2, 0.25) is 0 Å². The average molecular weight is 338 g/mol. The lowest BCUT2D eigenvalue weighted by molar-refractivity contribution is -0.0648. The first-order valence-electron chi connectivity index (χ1n) is 9.46. The standard InChI is InChI=1S/C19H34N2O3/c1-13-10-23-11-14(2)21(13)9-16(22)12-24-20-17-8-15-6-7-19(17,5)18(15,3)4/h13-16,22H,6-12H2,1-5H3/b20-17+/t13?,14?,15-,16?,19+/m0/s1. The molecule has 5 heteroatoms. The first-order chi connectivity index (χ1) is 11.3. The van der Waals surface area contributed by atoms with Crippen LogP contribution in [-0.2, 0) is 9.57 Å². The predicted octanol–water partition coefficient (Wildman–Crippen LogP) is 2.68. The average Bonchev–Trinajstić information content (AvgIpc) is 2.84. The van der Waals surface area contributed by atoms with Gasteiger partial charge in [0.25, 0.3) is 0 Å². The van der Waals surface area contributed by atoms with E-state index in [-0.39, 0.29) is 12.0 Å². The molecular weight excluding hydrogens is 304 g/mol. The van der Waals surface area contributed by atoms with Gasteiger partial charge in [-0.1, -0.05) is 25.9 Å². The summed E-state index contributed by atoms with van der Waals surface area (Å²) in [5.41, 5.74) is 1.67. The van der Waals surface area contributed by atoms with Crippen LogP contribution in [0.4, 0.5) is 0 Å². The van der Waals surface area contributed by atoms with Crippen molar-refractivity contribution in [1.29, 1.82) is 0 Å². The number of nitrogens with zero attached hydrogens (tertiary/aromatic N) is 2. The van der Waals surface area contributed by atoms with Crippen molar-refractivity contribution in [3.63, 3.8) is 0 Å². The van der Waals surface area contributed by atoms with E-state index < -0.39 is 6.10 Å². The molecule has 5 atom stereocenters. The summed E-state index contributed by atoms with van der Waals surface area (Å²) < 4.78 is 5.54. The van der Waals surface area contributed by atoms with Crippen molar-refractivity contribution >= 4 is 5.71 Å². The molecule has 1 heterocycles. The van der Waals surface area contributed by atoms with Crippen molar-refractivity contribution in [2.24, 2.45) is 21.9 Å². The Bertz CT molecular complexity index is 483. The summed E-state index contributed by atoms with van der Waals surface area (Å²) in [5, 5.41) is 14.8. The molecule has 0 aromatic heterocycles. The third-order valence-corrected chi connectivity index (χ3v) is 7.23. The van der Waals surface area contributed by atoms with Crippen LogP contribution in [0.2, 0.25) is 0 Å². The molecule has 3 aliphatic rings. The smallest absolute Gasteiger partial charge is 0.144 e. The Morgan fingerprint density at radius 1 is 1.29 bits per heavy atom. The molecule has 0 aromatic carbocycles. The molecule has 5 nitrogen and oxygen atoms in total. The monoisotopic (exact) mass is 338 g/mol. The highest BCUT2D eigenvalue weighted by Gasteiger charge is 2.60. The van der Waals surface area contributed by atoms with Gasteiger partial charge in [-0.3, -0.25) is 4.90 Å². The van der Waals surface area contributed by atoms with Gasteiger partial charge in [0.05, 0.1) is 18.9 Å². The second-order valence-corrected chi connectivity index (χ2v) is 8.91. The van der Waals surface area contributed by atoms with Crippen LogP contribution in [0.15, 0.2) is 5.16 Å². The number of aliphatic hydroxyl groups is 1. The fourth-order valence-electron chi connectivity index (χ4n) is 4.96. The molecule has 1 N–H and O–H groups in total. The van der Waals surface area contributed by atoms with E-state index in [1.807, 2.05) is 0 Å². The Balaban J connectivity index is 1.51. The number of fused-ring (bicyclic) bond motifs is 2. The van der Waals surface area contributed by atoms with Crippen molar-refractivity contribution in [2.45, 2.75) is 72.1 Å². The maximum atomic E-state index is 10.3. The van der Waals surface area contributed by atoms with Crippen molar-refractivity contribution in [2.75, 3.05) is 26.4 Å². The number of hydrogen-bond acceptors (Lipinski definition) is 5. The first kappa shape index (κ1) is 18.2. The van der Waals surface area contributed by atoms with Gasteiger partial charge in [0.1, 0.15) is 12.7 Å². The first-order valence-corrected chi connectivity index (χ1v) is 9.46. The molecule has 138 valence electrons. The van der Waals surface area contributed by atoms with Crippen LogP contribution in [0.1, 0.15) is 53.9 Å². The number of oxime groups is 1. The van der Waals surface area contributed by atoms with Crippen LogP contribution in [0.25, 0.3) is 0 Å². The highest BCUT2D eigenvalue weighted by molar-refractivity contribution is 5.93. The Morgan fingerprint density at radius 3 is 2.50 bits per heavy atom. The maximum Gasteiger partial charge on any atom is 0.144 e. The van der Waals surface area contributed by atoms with Gasteiger partial charge in [0.15, 0.2) is 0 Å². The highest BCUT2D eigenvalue weighted by atomic mass is 16.6. The number of β-amino-alcohol motifs (C(OH)–C–C–N with tert-alkyl or cyclic N) is 1. The van der Waals surface area contributed by atoms with Crippen LogP contribution in [0, 0.1) is 16.7 Å². The normalized spacial score (nSPS) is 41.8. The summed E-state index contributed by atoms with van der Waals surface area (Å²) in [4.78, 5) is 7.88. The maximum absolute atomic E-state index is 10.3. The molecule has 1 saturated heterocycles. The van der Waals surface area contributed by atoms with Gasteiger partial charge in [-0.2, -0.15) is 0 Å².